The summed E-state index contributed by atoms with van der Waals surface area (Å²) in [6.45, 7) is 4.04. The summed E-state index contributed by atoms with van der Waals surface area (Å²) < 4.78 is 13.4. The lowest BCUT2D eigenvalue weighted by molar-refractivity contribution is 0.259. The standard InChI is InChI=1S/C18H21ClN4O3S2/c1-10(2)7-13(8-24)20-15-14-16(23-18(25)27-14)22-17(21-15)28(26)9-11-3-5-12(19)6-4-11/h3-6,10,13,24H,7-9H2,1-2H3,(H2,20,21,22,23,25)/t13-,28+/m1/s1. The number of nitrogens with one attached hydrogen (secondary N) is 2. The third kappa shape index (κ3) is 5.16. The van der Waals surface area contributed by atoms with E-state index in [1.807, 2.05) is 0 Å². The quantitative estimate of drug-likeness (QED) is 0.464. The molecule has 3 rings (SSSR count). The molecule has 3 aromatic rings. The average molecular weight is 441 g/mol. The van der Waals surface area contributed by atoms with Crippen LogP contribution in [0.1, 0.15) is 25.8 Å². The van der Waals surface area contributed by atoms with Crippen LogP contribution in [0.15, 0.2) is 34.2 Å². The van der Waals surface area contributed by atoms with Gasteiger partial charge < -0.3 is 10.4 Å². The van der Waals surface area contributed by atoms with Crippen LogP contribution < -0.4 is 10.2 Å². The van der Waals surface area contributed by atoms with Crippen molar-refractivity contribution in [3.8, 4) is 0 Å². The molecule has 0 aliphatic rings. The van der Waals surface area contributed by atoms with Crippen molar-refractivity contribution in [2.75, 3.05) is 11.9 Å². The van der Waals surface area contributed by atoms with Gasteiger partial charge in [0.1, 0.15) is 4.70 Å². The molecule has 0 aliphatic carbocycles. The van der Waals surface area contributed by atoms with Crippen LogP contribution in [0.4, 0.5) is 5.82 Å². The van der Waals surface area contributed by atoms with E-state index in [0.29, 0.717) is 27.1 Å². The number of hydrogen-bond donors (Lipinski definition) is 3. The van der Waals surface area contributed by atoms with E-state index in [0.717, 1.165) is 23.3 Å². The van der Waals surface area contributed by atoms with Gasteiger partial charge in [-0.05, 0) is 30.0 Å². The summed E-state index contributed by atoms with van der Waals surface area (Å²) in [6, 6.07) is 6.84. The van der Waals surface area contributed by atoms with Gasteiger partial charge in [0.25, 0.3) is 0 Å². The van der Waals surface area contributed by atoms with Crippen molar-refractivity contribution in [2.45, 2.75) is 37.2 Å². The highest BCUT2D eigenvalue weighted by Gasteiger charge is 2.19. The third-order valence-corrected chi connectivity index (χ3v) is 6.31. The number of aromatic amines is 1. The summed E-state index contributed by atoms with van der Waals surface area (Å²) in [5, 5.41) is 13.6. The lowest BCUT2D eigenvalue weighted by Crippen LogP contribution is -2.26. The summed E-state index contributed by atoms with van der Waals surface area (Å²) in [5.74, 6) is 1.00. The molecule has 2 atom stereocenters. The molecular formula is C18H21ClN4O3S2. The minimum Gasteiger partial charge on any atom is -0.394 e. The Kier molecular flexibility index (Phi) is 6.82. The van der Waals surface area contributed by atoms with E-state index in [9.17, 15) is 14.1 Å². The van der Waals surface area contributed by atoms with Gasteiger partial charge in [-0.15, -0.1) is 0 Å². The maximum absolute atomic E-state index is 12.8. The molecule has 0 amide bonds. The Labute approximate surface area is 173 Å². The molecule has 1 aromatic carbocycles. The van der Waals surface area contributed by atoms with Crippen molar-refractivity contribution in [2.24, 2.45) is 5.92 Å². The average Bonchev–Trinajstić information content (AvgIpc) is 3.03. The number of H-pyrrole nitrogens is 1. The van der Waals surface area contributed by atoms with Crippen LogP contribution >= 0.6 is 22.9 Å². The van der Waals surface area contributed by atoms with Crippen LogP contribution in [-0.4, -0.2) is 36.9 Å². The summed E-state index contributed by atoms with van der Waals surface area (Å²) >= 11 is 6.87. The monoisotopic (exact) mass is 440 g/mol. The van der Waals surface area contributed by atoms with Crippen LogP contribution in [0.2, 0.25) is 5.02 Å². The number of benzene rings is 1. The number of aliphatic hydroxyl groups excluding tert-OH is 1. The second kappa shape index (κ2) is 9.13. The van der Waals surface area contributed by atoms with Gasteiger partial charge in [0.05, 0.1) is 29.2 Å². The van der Waals surface area contributed by atoms with E-state index in [4.69, 9.17) is 11.6 Å². The molecule has 0 saturated heterocycles. The van der Waals surface area contributed by atoms with E-state index in [-0.39, 0.29) is 28.4 Å². The molecule has 28 heavy (non-hydrogen) atoms. The second-order valence-corrected chi connectivity index (χ2v) is 9.58. The number of aromatic nitrogens is 3. The zero-order valence-corrected chi connectivity index (χ0v) is 17.8. The first kappa shape index (κ1) is 20.9. The fourth-order valence-electron chi connectivity index (χ4n) is 2.76. The summed E-state index contributed by atoms with van der Waals surface area (Å²) in [6.07, 6.45) is 0.727. The van der Waals surface area contributed by atoms with Gasteiger partial charge in [0, 0.05) is 5.02 Å². The van der Waals surface area contributed by atoms with Crippen LogP contribution in [0, 0.1) is 5.92 Å². The summed E-state index contributed by atoms with van der Waals surface area (Å²) in [4.78, 5) is 22.9. The van der Waals surface area contributed by atoms with Crippen molar-refractivity contribution >= 4 is 49.9 Å². The number of anilines is 1. The number of hydrogen-bond acceptors (Lipinski definition) is 7. The Morgan fingerprint density at radius 3 is 2.64 bits per heavy atom. The minimum absolute atomic E-state index is 0.0772. The first-order valence-electron chi connectivity index (χ1n) is 8.76. The number of rotatable bonds is 8. The lowest BCUT2D eigenvalue weighted by atomic mass is 10.0. The molecule has 0 bridgehead atoms. The van der Waals surface area contributed by atoms with Gasteiger partial charge in [0.15, 0.2) is 11.5 Å². The third-order valence-electron chi connectivity index (χ3n) is 3.99. The lowest BCUT2D eigenvalue weighted by Gasteiger charge is -2.19. The molecule has 0 spiro atoms. The van der Waals surface area contributed by atoms with Crippen molar-refractivity contribution in [3.05, 3.63) is 44.5 Å². The smallest absolute Gasteiger partial charge is 0.306 e. The first-order chi connectivity index (χ1) is 13.4. The predicted octanol–water partition coefficient (Wildman–Crippen LogP) is 3.16. The van der Waals surface area contributed by atoms with Gasteiger partial charge in [-0.1, -0.05) is 48.9 Å². The van der Waals surface area contributed by atoms with Gasteiger partial charge >= 0.3 is 4.87 Å². The zero-order valence-electron chi connectivity index (χ0n) is 15.4. The number of nitrogens with zero attached hydrogens (tertiary/aromatic N) is 2. The first-order valence-corrected chi connectivity index (χ1v) is 11.3. The molecule has 10 heteroatoms. The molecule has 0 unspecified atom stereocenters. The van der Waals surface area contributed by atoms with E-state index < -0.39 is 10.8 Å². The fourth-order valence-corrected chi connectivity index (χ4v) is 4.63. The molecule has 0 saturated carbocycles. The molecule has 0 aliphatic heterocycles. The number of halogens is 1. The van der Waals surface area contributed by atoms with Crippen molar-refractivity contribution in [1.29, 1.82) is 0 Å². The van der Waals surface area contributed by atoms with Crippen molar-refractivity contribution in [1.82, 2.24) is 15.0 Å². The highest BCUT2D eigenvalue weighted by atomic mass is 35.5. The van der Waals surface area contributed by atoms with Gasteiger partial charge in [-0.3, -0.25) is 14.0 Å². The molecule has 3 N–H and O–H groups in total. The molecule has 0 radical (unpaired) electrons. The fraction of sp³-hybridized carbons (Fsp3) is 0.389. The SMILES string of the molecule is CC(C)C[C@H](CO)Nc1nc([S@@](=O)Cc2ccc(Cl)cc2)nc2[nH]c(=O)sc12. The van der Waals surface area contributed by atoms with E-state index in [2.05, 4.69) is 34.1 Å². The minimum atomic E-state index is -1.51. The van der Waals surface area contributed by atoms with Crippen LogP contribution in [0.3, 0.4) is 0 Å². The van der Waals surface area contributed by atoms with Gasteiger partial charge in [-0.25, -0.2) is 9.97 Å². The predicted molar refractivity (Wildman–Crippen MR) is 114 cm³/mol. The van der Waals surface area contributed by atoms with Gasteiger partial charge in [0.2, 0.25) is 5.16 Å². The Balaban J connectivity index is 1.93. The Hall–Kier alpha value is -1.81. The molecule has 2 aromatic heterocycles. The number of fused-ring (bicyclic) bond motifs is 1. The van der Waals surface area contributed by atoms with E-state index in [1.54, 1.807) is 24.3 Å². The number of thiazole rings is 1. The highest BCUT2D eigenvalue weighted by Crippen LogP contribution is 2.25. The summed E-state index contributed by atoms with van der Waals surface area (Å²) in [5.41, 5.74) is 1.18. The Morgan fingerprint density at radius 1 is 1.29 bits per heavy atom. The maximum Gasteiger partial charge on any atom is 0.306 e. The maximum atomic E-state index is 12.8. The Bertz CT molecular complexity index is 1030. The molecule has 0 fully saturated rings. The van der Waals surface area contributed by atoms with Crippen LogP contribution in [0.25, 0.3) is 10.3 Å². The van der Waals surface area contributed by atoms with Crippen LogP contribution in [0.5, 0.6) is 0 Å². The molecule has 150 valence electrons. The largest absolute Gasteiger partial charge is 0.394 e. The van der Waals surface area contributed by atoms with Gasteiger partial charge in [-0.2, -0.15) is 0 Å². The normalized spacial score (nSPS) is 13.8. The van der Waals surface area contributed by atoms with E-state index in [1.165, 1.54) is 0 Å². The molecule has 7 nitrogen and oxygen atoms in total. The zero-order chi connectivity index (χ0) is 20.3. The number of aliphatic hydroxyl groups is 1. The second-order valence-electron chi connectivity index (χ2n) is 6.82. The van der Waals surface area contributed by atoms with E-state index >= 15 is 0 Å². The van der Waals surface area contributed by atoms with Crippen molar-refractivity contribution < 1.29 is 9.32 Å². The topological polar surface area (TPSA) is 108 Å². The molecule has 2 heterocycles. The van der Waals surface area contributed by atoms with Crippen LogP contribution in [-0.2, 0) is 16.6 Å². The summed E-state index contributed by atoms with van der Waals surface area (Å²) in [7, 11) is -1.51. The Morgan fingerprint density at radius 2 is 2.00 bits per heavy atom. The molecular weight excluding hydrogens is 420 g/mol. The highest BCUT2D eigenvalue weighted by molar-refractivity contribution is 7.84. The van der Waals surface area contributed by atoms with Crippen molar-refractivity contribution in [3.63, 3.8) is 0 Å².